The molecule has 28 heavy (non-hydrogen) atoms. The predicted octanol–water partition coefficient (Wildman–Crippen LogP) is 7.39. The molecular weight excluding hydrogens is 360 g/mol. The lowest BCUT2D eigenvalue weighted by Crippen LogP contribution is -2.33. The molecule has 1 aromatic carbocycles. The van der Waals surface area contributed by atoms with Gasteiger partial charge in [-0.3, -0.25) is 4.79 Å². The summed E-state index contributed by atoms with van der Waals surface area (Å²) in [6, 6.07) is 8.23. The lowest BCUT2D eigenvalue weighted by Gasteiger charge is -2.30. The summed E-state index contributed by atoms with van der Waals surface area (Å²) in [5, 5.41) is 0. The molecule has 1 aliphatic carbocycles. The van der Waals surface area contributed by atoms with E-state index in [0.717, 1.165) is 23.3 Å². The van der Waals surface area contributed by atoms with Gasteiger partial charge in [-0.05, 0) is 29.7 Å². The molecule has 2 nitrogen and oxygen atoms in total. The molecule has 1 fully saturated rings. The first-order chi connectivity index (χ1) is 12.8. The minimum atomic E-state index is -1.34. The summed E-state index contributed by atoms with van der Waals surface area (Å²) >= 11 is 0. The Balaban J connectivity index is 2.40. The standard InChI is InChI=1S/C25H42O2Si/c1-11-28(12-2,13-3)21-16-18(21)23(26)27-22-19(24(5,6)7)14-17(4)15-20(22)25(8,9)10/h14-15,18,21H,11-13,16H2,1-10H3/t18-,21-/m0/s1. The van der Waals surface area contributed by atoms with E-state index in [0.29, 0.717) is 5.54 Å². The van der Waals surface area contributed by atoms with Crippen LogP contribution in [0.4, 0.5) is 0 Å². The van der Waals surface area contributed by atoms with Crippen LogP contribution in [0.2, 0.25) is 23.7 Å². The fraction of sp³-hybridized carbons (Fsp3) is 0.720. The van der Waals surface area contributed by atoms with Crippen molar-refractivity contribution in [1.29, 1.82) is 0 Å². The van der Waals surface area contributed by atoms with Gasteiger partial charge in [0.1, 0.15) is 5.75 Å². The Labute approximate surface area is 174 Å². The molecule has 0 amide bonds. The Kier molecular flexibility index (Phi) is 6.60. The van der Waals surface area contributed by atoms with Crippen LogP contribution in [0.15, 0.2) is 12.1 Å². The van der Waals surface area contributed by atoms with E-state index < -0.39 is 8.07 Å². The zero-order chi connectivity index (χ0) is 21.5. The lowest BCUT2D eigenvalue weighted by molar-refractivity contribution is -0.135. The molecule has 1 saturated carbocycles. The molecule has 2 rings (SSSR count). The number of esters is 1. The number of carbonyl (C=O) groups is 1. The van der Waals surface area contributed by atoms with E-state index in [-0.39, 0.29) is 22.7 Å². The Hall–Kier alpha value is -1.09. The van der Waals surface area contributed by atoms with Gasteiger partial charge in [-0.15, -0.1) is 0 Å². The third-order valence-electron chi connectivity index (χ3n) is 7.04. The average molecular weight is 403 g/mol. The van der Waals surface area contributed by atoms with Crippen LogP contribution in [0.3, 0.4) is 0 Å². The van der Waals surface area contributed by atoms with Crippen LogP contribution < -0.4 is 4.74 Å². The van der Waals surface area contributed by atoms with Crippen LogP contribution in [0, 0.1) is 12.8 Å². The molecule has 0 N–H and O–H groups in total. The summed E-state index contributed by atoms with van der Waals surface area (Å²) < 4.78 is 6.25. The summed E-state index contributed by atoms with van der Waals surface area (Å²) in [6.07, 6.45) is 1.04. The highest BCUT2D eigenvalue weighted by atomic mass is 28.3. The lowest BCUT2D eigenvalue weighted by atomic mass is 9.78. The normalized spacial score (nSPS) is 20.2. The van der Waals surface area contributed by atoms with E-state index in [2.05, 4.69) is 81.4 Å². The van der Waals surface area contributed by atoms with Crippen LogP contribution in [0.5, 0.6) is 5.75 Å². The molecule has 0 radical (unpaired) electrons. The zero-order valence-corrected chi connectivity index (χ0v) is 21.0. The van der Waals surface area contributed by atoms with E-state index >= 15 is 0 Å². The van der Waals surface area contributed by atoms with Crippen LogP contribution in [-0.4, -0.2) is 14.0 Å². The van der Waals surface area contributed by atoms with Crippen molar-refractivity contribution < 1.29 is 9.53 Å². The summed E-state index contributed by atoms with van der Waals surface area (Å²) in [5.74, 6) is 0.948. The highest BCUT2D eigenvalue weighted by molar-refractivity contribution is 6.82. The molecule has 158 valence electrons. The van der Waals surface area contributed by atoms with Gasteiger partial charge in [0.25, 0.3) is 0 Å². The summed E-state index contributed by atoms with van der Waals surface area (Å²) in [6.45, 7) is 22.3. The summed E-state index contributed by atoms with van der Waals surface area (Å²) in [4.78, 5) is 13.2. The maximum Gasteiger partial charge on any atom is 0.314 e. The number of hydrogen-bond donors (Lipinski definition) is 0. The molecule has 1 aromatic rings. The molecule has 0 aromatic heterocycles. The van der Waals surface area contributed by atoms with Crippen LogP contribution >= 0.6 is 0 Å². The zero-order valence-electron chi connectivity index (χ0n) is 20.0. The molecule has 0 unspecified atom stereocenters. The summed E-state index contributed by atoms with van der Waals surface area (Å²) in [7, 11) is -1.34. The monoisotopic (exact) mass is 402 g/mol. The number of aryl methyl sites for hydroxylation is 1. The van der Waals surface area contributed by atoms with Gasteiger partial charge in [-0.25, -0.2) is 0 Å². The van der Waals surface area contributed by atoms with Crippen molar-refractivity contribution in [2.45, 2.75) is 110 Å². The van der Waals surface area contributed by atoms with Crippen molar-refractivity contribution in [3.05, 3.63) is 28.8 Å². The van der Waals surface area contributed by atoms with Crippen LogP contribution in [0.1, 0.15) is 85.4 Å². The fourth-order valence-corrected chi connectivity index (χ4v) is 9.66. The van der Waals surface area contributed by atoms with Crippen molar-refractivity contribution in [3.8, 4) is 5.75 Å². The van der Waals surface area contributed by atoms with E-state index in [1.54, 1.807) is 0 Å². The second kappa shape index (κ2) is 7.97. The van der Waals surface area contributed by atoms with Crippen molar-refractivity contribution in [2.24, 2.45) is 5.92 Å². The number of ether oxygens (including phenoxy) is 1. The van der Waals surface area contributed by atoms with Crippen LogP contribution in [0.25, 0.3) is 0 Å². The van der Waals surface area contributed by atoms with Gasteiger partial charge in [0.2, 0.25) is 0 Å². The van der Waals surface area contributed by atoms with Crippen LogP contribution in [-0.2, 0) is 15.6 Å². The van der Waals surface area contributed by atoms with Crippen molar-refractivity contribution in [2.75, 3.05) is 0 Å². The molecule has 0 saturated heterocycles. The minimum absolute atomic E-state index is 0.0112. The van der Waals surface area contributed by atoms with E-state index in [4.69, 9.17) is 4.74 Å². The maximum atomic E-state index is 13.2. The molecule has 0 spiro atoms. The predicted molar refractivity (Wildman–Crippen MR) is 123 cm³/mol. The van der Waals surface area contributed by atoms with Gasteiger partial charge >= 0.3 is 5.97 Å². The SMILES string of the molecule is CC[Si](CC)(CC)[C@H]1C[C@@H]1C(=O)Oc1c(C(C)(C)C)cc(C)cc1C(C)(C)C. The van der Waals surface area contributed by atoms with Gasteiger partial charge in [0.05, 0.1) is 14.0 Å². The van der Waals surface area contributed by atoms with E-state index in [1.165, 1.54) is 23.7 Å². The third-order valence-corrected chi connectivity index (χ3v) is 13.5. The van der Waals surface area contributed by atoms with Gasteiger partial charge in [0.15, 0.2) is 0 Å². The smallest absolute Gasteiger partial charge is 0.314 e. The second-order valence-electron chi connectivity index (χ2n) is 11.0. The van der Waals surface area contributed by atoms with Gasteiger partial charge in [0, 0.05) is 11.1 Å². The van der Waals surface area contributed by atoms with E-state index in [9.17, 15) is 4.79 Å². The fourth-order valence-electron chi connectivity index (χ4n) is 4.84. The second-order valence-corrected chi connectivity index (χ2v) is 16.6. The Morgan fingerprint density at radius 1 is 0.964 bits per heavy atom. The molecule has 2 atom stereocenters. The first-order valence-corrected chi connectivity index (χ1v) is 13.9. The molecule has 3 heteroatoms. The highest BCUT2D eigenvalue weighted by Gasteiger charge is 2.55. The van der Waals surface area contributed by atoms with Gasteiger partial charge in [-0.1, -0.05) is 98.1 Å². The average Bonchev–Trinajstić information content (AvgIpc) is 3.37. The van der Waals surface area contributed by atoms with Crippen molar-refractivity contribution in [1.82, 2.24) is 0 Å². The summed E-state index contributed by atoms with van der Waals surface area (Å²) in [5.41, 5.74) is 3.99. The number of benzene rings is 1. The molecule has 0 heterocycles. The number of rotatable bonds is 6. The topological polar surface area (TPSA) is 26.3 Å². The first kappa shape index (κ1) is 23.2. The Morgan fingerprint density at radius 2 is 1.39 bits per heavy atom. The highest BCUT2D eigenvalue weighted by Crippen LogP contribution is 2.56. The number of carbonyl (C=O) groups excluding carboxylic acids is 1. The Morgan fingerprint density at radius 3 is 1.75 bits per heavy atom. The molecular formula is C25H42O2Si. The van der Waals surface area contributed by atoms with Crippen molar-refractivity contribution >= 4 is 14.0 Å². The Bertz CT molecular complexity index is 674. The maximum absolute atomic E-state index is 13.2. The quantitative estimate of drug-likeness (QED) is 0.281. The minimum Gasteiger partial charge on any atom is -0.426 e. The van der Waals surface area contributed by atoms with Gasteiger partial charge in [-0.2, -0.15) is 0 Å². The third kappa shape index (κ3) is 4.55. The first-order valence-electron chi connectivity index (χ1n) is 11.2. The number of hydrogen-bond acceptors (Lipinski definition) is 2. The largest absolute Gasteiger partial charge is 0.426 e. The molecule has 0 bridgehead atoms. The molecule has 1 aliphatic rings. The van der Waals surface area contributed by atoms with E-state index in [1.807, 2.05) is 0 Å². The van der Waals surface area contributed by atoms with Crippen molar-refractivity contribution in [3.63, 3.8) is 0 Å². The van der Waals surface area contributed by atoms with Gasteiger partial charge < -0.3 is 4.74 Å². The molecule has 0 aliphatic heterocycles.